The molecule has 2 aliphatic rings. The first-order chi connectivity index (χ1) is 34.6. The second-order valence-electron chi connectivity index (χ2n) is 18.8. The standard InChI is InChI=1S/C54H66N6O11S/c1-6-27-69-38-31-39(70-28-15-14-26-57(2)3)33-40(32-38)71-48-34-46-45(58(4)54(66)59(46)5)30-37(48)35-72(67,68)41-19-16-18-36(29-41)47(61)22-12-10-8-7-9-11-13-25-55-43-21-17-20-42-50(43)53(65)60(52(42)64)44-23-24-49(62)56-51(44)63/h16-21,29-34,44,55H,6-15,22-28,35H2,1-5H3,(H,56,62,63). The van der Waals surface area contributed by atoms with Crippen LogP contribution in [0.2, 0.25) is 0 Å². The lowest BCUT2D eigenvalue weighted by Crippen LogP contribution is -2.54. The van der Waals surface area contributed by atoms with Gasteiger partial charge in [0, 0.05) is 74.6 Å². The fourth-order valence-electron chi connectivity index (χ4n) is 9.09. The number of nitrogens with one attached hydrogen (secondary N) is 2. The number of amides is 4. The van der Waals surface area contributed by atoms with Crippen LogP contribution in [0, 0.1) is 0 Å². The largest absolute Gasteiger partial charge is 0.493 e. The molecule has 2 aliphatic heterocycles. The van der Waals surface area contributed by atoms with Gasteiger partial charge in [-0.05, 0) is 89.5 Å². The number of aromatic nitrogens is 2. The molecule has 384 valence electrons. The summed E-state index contributed by atoms with van der Waals surface area (Å²) in [5, 5.41) is 5.50. The van der Waals surface area contributed by atoms with Gasteiger partial charge in [0.05, 0.1) is 46.0 Å². The first-order valence-electron chi connectivity index (χ1n) is 24.9. The molecular formula is C54H66N6O11S. The number of hydrogen-bond donors (Lipinski definition) is 2. The second kappa shape index (κ2) is 24.1. The molecule has 1 atom stereocenters. The number of carbonyl (C=O) groups excluding carboxylic acids is 5. The van der Waals surface area contributed by atoms with E-state index in [-0.39, 0.29) is 52.5 Å². The van der Waals surface area contributed by atoms with Gasteiger partial charge in [-0.15, -0.1) is 0 Å². The molecule has 1 aromatic heterocycles. The Kier molecular flexibility index (Phi) is 17.7. The average molecular weight is 1010 g/mol. The van der Waals surface area contributed by atoms with Crippen LogP contribution in [0.15, 0.2) is 82.5 Å². The summed E-state index contributed by atoms with van der Waals surface area (Å²) >= 11 is 0. The van der Waals surface area contributed by atoms with Crippen LogP contribution >= 0.6 is 0 Å². The number of unbranched alkanes of at least 4 members (excludes halogenated alkanes) is 7. The number of hydrogen-bond acceptors (Lipinski definition) is 13. The first-order valence-corrected chi connectivity index (χ1v) is 26.6. The van der Waals surface area contributed by atoms with Crippen molar-refractivity contribution in [2.24, 2.45) is 14.1 Å². The summed E-state index contributed by atoms with van der Waals surface area (Å²) in [5.74, 6) is -1.05. The number of carbonyl (C=O) groups is 5. The highest BCUT2D eigenvalue weighted by Gasteiger charge is 2.45. The molecule has 18 heteroatoms. The lowest BCUT2D eigenvalue weighted by molar-refractivity contribution is -0.136. The number of sulfone groups is 1. The summed E-state index contributed by atoms with van der Waals surface area (Å²) in [6.07, 6.45) is 9.14. The van der Waals surface area contributed by atoms with Crippen LogP contribution in [0.3, 0.4) is 0 Å². The highest BCUT2D eigenvalue weighted by atomic mass is 32.2. The van der Waals surface area contributed by atoms with E-state index < -0.39 is 45.3 Å². The Morgan fingerprint density at radius 1 is 0.764 bits per heavy atom. The number of imidazole rings is 1. The molecule has 0 saturated carbocycles. The summed E-state index contributed by atoms with van der Waals surface area (Å²) < 4.78 is 50.0. The monoisotopic (exact) mass is 1010 g/mol. The van der Waals surface area contributed by atoms with Crippen LogP contribution in [0.5, 0.6) is 23.0 Å². The normalized spacial score (nSPS) is 14.8. The van der Waals surface area contributed by atoms with Gasteiger partial charge in [0.15, 0.2) is 15.6 Å². The van der Waals surface area contributed by atoms with Crippen molar-refractivity contribution in [2.75, 3.05) is 45.7 Å². The van der Waals surface area contributed by atoms with Crippen LogP contribution in [0.4, 0.5) is 5.69 Å². The topological polar surface area (TPSA) is 205 Å². The zero-order chi connectivity index (χ0) is 51.5. The third kappa shape index (κ3) is 12.8. The molecule has 4 aromatic carbocycles. The molecular weight excluding hydrogens is 941 g/mol. The molecule has 2 N–H and O–H groups in total. The lowest BCUT2D eigenvalue weighted by Gasteiger charge is -2.27. The number of nitrogens with zero attached hydrogens (tertiary/aromatic N) is 4. The van der Waals surface area contributed by atoms with E-state index in [0.29, 0.717) is 71.3 Å². The van der Waals surface area contributed by atoms with Crippen molar-refractivity contribution in [3.05, 3.63) is 106 Å². The Bertz CT molecular complexity index is 3000. The zero-order valence-corrected chi connectivity index (χ0v) is 42.7. The number of ketones is 1. The zero-order valence-electron chi connectivity index (χ0n) is 41.9. The summed E-state index contributed by atoms with van der Waals surface area (Å²) in [6.45, 7) is 4.50. The molecule has 0 spiro atoms. The highest BCUT2D eigenvalue weighted by Crippen LogP contribution is 2.37. The number of benzene rings is 4. The van der Waals surface area contributed by atoms with Gasteiger partial charge in [-0.1, -0.05) is 57.2 Å². The highest BCUT2D eigenvalue weighted by molar-refractivity contribution is 7.90. The minimum atomic E-state index is -4.03. The molecule has 0 radical (unpaired) electrons. The van der Waals surface area contributed by atoms with E-state index in [2.05, 4.69) is 15.5 Å². The van der Waals surface area contributed by atoms with Gasteiger partial charge in [0.25, 0.3) is 11.8 Å². The first kappa shape index (κ1) is 53.0. The molecule has 5 aromatic rings. The smallest absolute Gasteiger partial charge is 0.328 e. The number of anilines is 1. The molecule has 0 aliphatic carbocycles. The molecule has 1 saturated heterocycles. The predicted octanol–water partition coefficient (Wildman–Crippen LogP) is 7.97. The Morgan fingerprint density at radius 2 is 1.43 bits per heavy atom. The average Bonchev–Trinajstić information content (AvgIpc) is 3.72. The fraction of sp³-hybridized carbons (Fsp3) is 0.444. The van der Waals surface area contributed by atoms with Crippen LogP contribution < -0.4 is 30.5 Å². The number of Topliss-reactive ketones (excluding diaryl/α,β-unsaturated/α-hetero) is 1. The SMILES string of the molecule is CCCOc1cc(OCCCCN(C)C)cc(Oc2cc3c(cc2CS(=O)(=O)c2cccc(C(=O)CCCCCCCCCNc4cccc5c4C(=O)N(C4CCC(=O)NC4=O)C5=O)c2)n(C)c(=O)n3C)c1. The number of imide groups is 2. The van der Waals surface area contributed by atoms with Crippen molar-refractivity contribution in [3.63, 3.8) is 0 Å². The Morgan fingerprint density at radius 3 is 2.14 bits per heavy atom. The Labute approximate surface area is 420 Å². The Balaban J connectivity index is 0.911. The van der Waals surface area contributed by atoms with Crippen molar-refractivity contribution in [3.8, 4) is 23.0 Å². The summed E-state index contributed by atoms with van der Waals surface area (Å²) in [4.78, 5) is 80.1. The predicted molar refractivity (Wildman–Crippen MR) is 274 cm³/mol. The third-order valence-corrected chi connectivity index (χ3v) is 14.7. The minimum absolute atomic E-state index is 0.00156. The van der Waals surface area contributed by atoms with E-state index >= 15 is 0 Å². The van der Waals surface area contributed by atoms with Crippen LogP contribution in [-0.4, -0.2) is 103 Å². The fourth-order valence-corrected chi connectivity index (χ4v) is 10.5. The molecule has 7 rings (SSSR count). The van der Waals surface area contributed by atoms with Crippen molar-refractivity contribution in [1.29, 1.82) is 0 Å². The van der Waals surface area contributed by atoms with Gasteiger partial charge in [-0.25, -0.2) is 13.2 Å². The molecule has 1 fully saturated rings. The molecule has 0 bridgehead atoms. The van der Waals surface area contributed by atoms with E-state index in [1.54, 1.807) is 74.8 Å². The van der Waals surface area contributed by atoms with E-state index in [1.165, 1.54) is 21.3 Å². The molecule has 1 unspecified atom stereocenters. The maximum atomic E-state index is 14.2. The Hall–Kier alpha value is -6.79. The number of ether oxygens (including phenoxy) is 3. The maximum Gasteiger partial charge on any atom is 0.328 e. The number of piperidine rings is 1. The minimum Gasteiger partial charge on any atom is -0.493 e. The summed E-state index contributed by atoms with van der Waals surface area (Å²) in [7, 11) is 3.30. The third-order valence-electron chi connectivity index (χ3n) is 13.0. The van der Waals surface area contributed by atoms with Gasteiger partial charge in [0.1, 0.15) is 29.0 Å². The molecule has 3 heterocycles. The van der Waals surface area contributed by atoms with Crippen LogP contribution in [0.25, 0.3) is 11.0 Å². The van der Waals surface area contributed by atoms with Crippen LogP contribution in [0.1, 0.15) is 127 Å². The maximum absolute atomic E-state index is 14.2. The molecule has 72 heavy (non-hydrogen) atoms. The van der Waals surface area contributed by atoms with Gasteiger partial charge in [-0.2, -0.15) is 0 Å². The van der Waals surface area contributed by atoms with Crippen LogP contribution in [-0.2, 0) is 39.3 Å². The van der Waals surface area contributed by atoms with Crippen molar-refractivity contribution in [2.45, 2.75) is 107 Å². The quantitative estimate of drug-likeness (QED) is 0.0291. The van der Waals surface area contributed by atoms with Gasteiger partial charge in [0.2, 0.25) is 11.8 Å². The number of aryl methyl sites for hydroxylation is 2. The molecule has 4 amide bonds. The second-order valence-corrected chi connectivity index (χ2v) is 20.8. The van der Waals surface area contributed by atoms with Gasteiger partial charge in [-0.3, -0.25) is 43.3 Å². The van der Waals surface area contributed by atoms with E-state index in [1.807, 2.05) is 21.0 Å². The van der Waals surface area contributed by atoms with Crippen molar-refractivity contribution < 1.29 is 46.6 Å². The van der Waals surface area contributed by atoms with Crippen molar-refractivity contribution >= 4 is 56.0 Å². The van der Waals surface area contributed by atoms with Crippen molar-refractivity contribution in [1.82, 2.24) is 24.3 Å². The summed E-state index contributed by atoms with van der Waals surface area (Å²) in [6, 6.07) is 18.7. The van der Waals surface area contributed by atoms with E-state index in [0.717, 1.165) is 69.2 Å². The van der Waals surface area contributed by atoms with E-state index in [9.17, 15) is 37.2 Å². The molecule has 17 nitrogen and oxygen atoms in total. The van der Waals surface area contributed by atoms with Gasteiger partial charge >= 0.3 is 5.69 Å². The number of fused-ring (bicyclic) bond motifs is 2. The summed E-state index contributed by atoms with van der Waals surface area (Å²) in [5.41, 5.74) is 2.48. The van der Waals surface area contributed by atoms with E-state index in [4.69, 9.17) is 14.2 Å². The van der Waals surface area contributed by atoms with Gasteiger partial charge < -0.3 is 24.4 Å². The number of rotatable bonds is 27. The lowest BCUT2D eigenvalue weighted by atomic mass is 10.0.